The van der Waals surface area contributed by atoms with Crippen molar-refractivity contribution in [2.24, 2.45) is 0 Å². The highest BCUT2D eigenvalue weighted by Crippen LogP contribution is 2.26. The Morgan fingerprint density at radius 3 is 2.75 bits per heavy atom. The molecular formula is C14H14FN3O2. The molecule has 0 saturated heterocycles. The molecule has 0 saturated carbocycles. The van der Waals surface area contributed by atoms with E-state index in [9.17, 15) is 14.5 Å². The van der Waals surface area contributed by atoms with Crippen LogP contribution in [0.2, 0.25) is 0 Å². The van der Waals surface area contributed by atoms with E-state index in [1.54, 1.807) is 18.2 Å². The Labute approximate surface area is 115 Å². The number of hydrogen-bond acceptors (Lipinski definition) is 4. The summed E-state index contributed by atoms with van der Waals surface area (Å²) in [6.07, 6.45) is 0.861. The number of benzene rings is 1. The molecule has 0 amide bonds. The van der Waals surface area contributed by atoms with Gasteiger partial charge in [-0.2, -0.15) is 0 Å². The van der Waals surface area contributed by atoms with Crippen molar-refractivity contribution in [1.82, 2.24) is 4.98 Å². The summed E-state index contributed by atoms with van der Waals surface area (Å²) in [5, 5.41) is 13.9. The summed E-state index contributed by atoms with van der Waals surface area (Å²) in [4.78, 5) is 14.7. The maximum absolute atomic E-state index is 13.8. The number of halogens is 1. The summed E-state index contributed by atoms with van der Waals surface area (Å²) in [5.74, 6) is -0.0822. The van der Waals surface area contributed by atoms with Crippen LogP contribution in [-0.2, 0) is 0 Å². The molecule has 0 aliphatic rings. The van der Waals surface area contributed by atoms with E-state index >= 15 is 0 Å². The van der Waals surface area contributed by atoms with E-state index in [2.05, 4.69) is 10.3 Å². The molecule has 1 aromatic heterocycles. The van der Waals surface area contributed by atoms with E-state index in [-0.39, 0.29) is 16.9 Å². The van der Waals surface area contributed by atoms with Gasteiger partial charge in [0.15, 0.2) is 0 Å². The third-order valence-corrected chi connectivity index (χ3v) is 2.73. The summed E-state index contributed by atoms with van der Waals surface area (Å²) < 4.78 is 13.8. The minimum absolute atomic E-state index is 0.114. The van der Waals surface area contributed by atoms with Gasteiger partial charge in [-0.15, -0.1) is 0 Å². The second kappa shape index (κ2) is 6.10. The number of pyridine rings is 1. The molecule has 1 aromatic carbocycles. The van der Waals surface area contributed by atoms with Crippen LogP contribution in [0.3, 0.4) is 0 Å². The molecule has 5 nitrogen and oxygen atoms in total. The molecule has 1 N–H and O–H groups in total. The number of nitrogens with zero attached hydrogens (tertiary/aromatic N) is 2. The number of hydrogen-bond donors (Lipinski definition) is 1. The molecule has 0 atom stereocenters. The Balaban J connectivity index is 2.49. The predicted octanol–water partition coefficient (Wildman–Crippen LogP) is 3.62. The first-order chi connectivity index (χ1) is 9.61. The van der Waals surface area contributed by atoms with Crippen LogP contribution in [0.5, 0.6) is 0 Å². The monoisotopic (exact) mass is 275 g/mol. The van der Waals surface area contributed by atoms with Crippen molar-refractivity contribution >= 4 is 11.5 Å². The van der Waals surface area contributed by atoms with Crippen molar-refractivity contribution in [3.63, 3.8) is 0 Å². The fourth-order valence-electron chi connectivity index (χ4n) is 1.77. The zero-order valence-electron chi connectivity index (χ0n) is 11.0. The summed E-state index contributed by atoms with van der Waals surface area (Å²) in [7, 11) is 0. The minimum Gasteiger partial charge on any atom is -0.370 e. The third kappa shape index (κ3) is 3.09. The number of aromatic nitrogens is 1. The number of nitro groups is 1. The van der Waals surface area contributed by atoms with E-state index in [1.807, 2.05) is 6.92 Å². The first-order valence-electron chi connectivity index (χ1n) is 6.27. The average molecular weight is 275 g/mol. The smallest absolute Gasteiger partial charge is 0.275 e. The van der Waals surface area contributed by atoms with Crippen LogP contribution in [0.25, 0.3) is 11.3 Å². The molecule has 104 valence electrons. The lowest BCUT2D eigenvalue weighted by Gasteiger charge is -2.07. The summed E-state index contributed by atoms with van der Waals surface area (Å²) in [5.41, 5.74) is 0.378. The van der Waals surface area contributed by atoms with Crippen molar-refractivity contribution < 1.29 is 9.31 Å². The Kier molecular flexibility index (Phi) is 4.24. The lowest BCUT2D eigenvalue weighted by atomic mass is 10.1. The first kappa shape index (κ1) is 13.9. The largest absolute Gasteiger partial charge is 0.370 e. The van der Waals surface area contributed by atoms with E-state index < -0.39 is 10.7 Å². The first-order valence-corrected chi connectivity index (χ1v) is 6.27. The van der Waals surface area contributed by atoms with E-state index in [1.165, 1.54) is 18.2 Å². The Morgan fingerprint density at radius 1 is 1.35 bits per heavy atom. The molecule has 2 aromatic rings. The Bertz CT molecular complexity index is 632. The fourth-order valence-corrected chi connectivity index (χ4v) is 1.77. The second-order valence-electron chi connectivity index (χ2n) is 4.26. The Morgan fingerprint density at radius 2 is 2.10 bits per heavy atom. The molecule has 0 aliphatic heterocycles. The van der Waals surface area contributed by atoms with Crippen molar-refractivity contribution in [3.8, 4) is 11.3 Å². The van der Waals surface area contributed by atoms with Crippen molar-refractivity contribution in [2.75, 3.05) is 11.9 Å². The van der Waals surface area contributed by atoms with Gasteiger partial charge in [0.2, 0.25) is 0 Å². The summed E-state index contributed by atoms with van der Waals surface area (Å²) >= 11 is 0. The van der Waals surface area contributed by atoms with Gasteiger partial charge in [-0.3, -0.25) is 10.1 Å². The molecule has 0 radical (unpaired) electrons. The van der Waals surface area contributed by atoms with Gasteiger partial charge >= 0.3 is 0 Å². The van der Waals surface area contributed by atoms with Crippen molar-refractivity contribution in [1.29, 1.82) is 0 Å². The average Bonchev–Trinajstić information content (AvgIpc) is 2.45. The second-order valence-corrected chi connectivity index (χ2v) is 4.26. The van der Waals surface area contributed by atoms with Gasteiger partial charge in [0.05, 0.1) is 16.7 Å². The highest BCUT2D eigenvalue weighted by Gasteiger charge is 2.14. The lowest BCUT2D eigenvalue weighted by molar-refractivity contribution is -0.384. The van der Waals surface area contributed by atoms with Gasteiger partial charge in [-0.1, -0.05) is 19.1 Å². The highest BCUT2D eigenvalue weighted by atomic mass is 19.1. The molecule has 0 unspecified atom stereocenters. The molecule has 6 heteroatoms. The van der Waals surface area contributed by atoms with Gasteiger partial charge in [-0.05, 0) is 18.6 Å². The van der Waals surface area contributed by atoms with Gasteiger partial charge < -0.3 is 5.32 Å². The molecule has 0 spiro atoms. The maximum Gasteiger partial charge on any atom is 0.275 e. The maximum atomic E-state index is 13.8. The molecule has 0 bridgehead atoms. The molecule has 2 rings (SSSR count). The predicted molar refractivity (Wildman–Crippen MR) is 75.1 cm³/mol. The molecule has 0 fully saturated rings. The van der Waals surface area contributed by atoms with Crippen LogP contribution in [-0.4, -0.2) is 16.5 Å². The standard InChI is InChI=1S/C14H14FN3O2/c1-2-7-16-14-9-10(18(19)20)8-13(17-14)11-5-3-4-6-12(11)15/h3-6,8-9H,2,7H2,1H3,(H,16,17). The van der Waals surface area contributed by atoms with Crippen molar-refractivity contribution in [2.45, 2.75) is 13.3 Å². The van der Waals surface area contributed by atoms with E-state index in [0.717, 1.165) is 6.42 Å². The lowest BCUT2D eigenvalue weighted by Crippen LogP contribution is -2.04. The molecule has 20 heavy (non-hydrogen) atoms. The normalized spacial score (nSPS) is 10.3. The van der Waals surface area contributed by atoms with Gasteiger partial charge in [0.1, 0.15) is 11.6 Å². The zero-order chi connectivity index (χ0) is 14.5. The van der Waals surface area contributed by atoms with Gasteiger partial charge in [-0.25, -0.2) is 9.37 Å². The van der Waals surface area contributed by atoms with Gasteiger partial charge in [0.25, 0.3) is 5.69 Å². The van der Waals surface area contributed by atoms with Crippen LogP contribution >= 0.6 is 0 Å². The Hall–Kier alpha value is -2.50. The SMILES string of the molecule is CCCNc1cc([N+](=O)[O-])cc(-c2ccccc2F)n1. The van der Waals surface area contributed by atoms with E-state index in [4.69, 9.17) is 0 Å². The van der Waals surface area contributed by atoms with Gasteiger partial charge in [0, 0.05) is 18.2 Å². The van der Waals surface area contributed by atoms with Crippen LogP contribution in [0.1, 0.15) is 13.3 Å². The molecule has 1 heterocycles. The van der Waals surface area contributed by atoms with Crippen LogP contribution in [0.4, 0.5) is 15.9 Å². The number of nitrogens with one attached hydrogen (secondary N) is 1. The quantitative estimate of drug-likeness (QED) is 0.668. The molecular weight excluding hydrogens is 261 g/mol. The van der Waals surface area contributed by atoms with E-state index in [0.29, 0.717) is 12.4 Å². The van der Waals surface area contributed by atoms with Crippen LogP contribution in [0.15, 0.2) is 36.4 Å². The zero-order valence-corrected chi connectivity index (χ0v) is 11.0. The van der Waals surface area contributed by atoms with Crippen LogP contribution < -0.4 is 5.32 Å². The minimum atomic E-state index is -0.511. The number of rotatable bonds is 5. The van der Waals surface area contributed by atoms with Crippen LogP contribution in [0, 0.1) is 15.9 Å². The van der Waals surface area contributed by atoms with Crippen molar-refractivity contribution in [3.05, 3.63) is 52.3 Å². The highest BCUT2D eigenvalue weighted by molar-refractivity contribution is 5.65. The topological polar surface area (TPSA) is 68.1 Å². The summed E-state index contributed by atoms with van der Waals surface area (Å²) in [6, 6.07) is 8.69. The summed E-state index contributed by atoms with van der Waals surface area (Å²) in [6.45, 7) is 2.62. The fraction of sp³-hybridized carbons (Fsp3) is 0.214. The molecule has 0 aliphatic carbocycles. The third-order valence-electron chi connectivity index (χ3n) is 2.73. The number of anilines is 1.